The molecule has 1 fully saturated rings. The third-order valence-electron chi connectivity index (χ3n) is 3.80. The minimum absolute atomic E-state index is 0.109. The summed E-state index contributed by atoms with van der Waals surface area (Å²) in [6, 6.07) is 4.04. The Balaban J connectivity index is 2.04. The van der Waals surface area contributed by atoms with Gasteiger partial charge >= 0.3 is 5.97 Å². The first-order valence-corrected chi connectivity index (χ1v) is 8.01. The van der Waals surface area contributed by atoms with Crippen molar-refractivity contribution < 1.29 is 9.53 Å². The lowest BCUT2D eigenvalue weighted by molar-refractivity contribution is -0.152. The highest BCUT2D eigenvalue weighted by molar-refractivity contribution is 8.00. The summed E-state index contributed by atoms with van der Waals surface area (Å²) in [6.45, 7) is 2.29. The van der Waals surface area contributed by atoms with Crippen LogP contribution in [0, 0.1) is 0 Å². The van der Waals surface area contributed by atoms with Crippen molar-refractivity contribution in [2.45, 2.75) is 48.3 Å². The smallest absolute Gasteiger partial charge is 0.326 e. The average Bonchev–Trinajstić information content (AvgIpc) is 2.48. The van der Waals surface area contributed by atoms with Gasteiger partial charge in [0, 0.05) is 22.5 Å². The molecule has 0 spiro atoms. The number of nitrogens with zero attached hydrogens (tertiary/aromatic N) is 1. The second-order valence-corrected chi connectivity index (χ2v) is 6.45. The van der Waals surface area contributed by atoms with Crippen LogP contribution in [0.4, 0.5) is 0 Å². The maximum absolute atomic E-state index is 12.2. The molecule has 110 valence electrons. The van der Waals surface area contributed by atoms with Gasteiger partial charge in [-0.2, -0.15) is 0 Å². The van der Waals surface area contributed by atoms with E-state index in [4.69, 9.17) is 4.74 Å². The van der Waals surface area contributed by atoms with Crippen LogP contribution in [0.2, 0.25) is 0 Å². The van der Waals surface area contributed by atoms with E-state index in [1.807, 2.05) is 50.3 Å². The number of pyridine rings is 1. The molecule has 4 nitrogen and oxygen atoms in total. The molecule has 0 aromatic carbocycles. The van der Waals surface area contributed by atoms with Gasteiger partial charge in [-0.05, 0) is 51.8 Å². The minimum atomic E-state index is -0.515. The molecule has 1 aromatic rings. The van der Waals surface area contributed by atoms with Crippen molar-refractivity contribution in [1.29, 1.82) is 0 Å². The molecule has 2 rings (SSSR count). The molecule has 2 atom stereocenters. The summed E-state index contributed by atoms with van der Waals surface area (Å²) in [7, 11) is 1.86. The van der Waals surface area contributed by atoms with Crippen molar-refractivity contribution in [3.8, 4) is 0 Å². The standard InChI is InChI=1S/C15H22N2O2S/c1-3-19-14(18)15(16-2)8-4-5-13(11-15)20-12-6-9-17-10-7-12/h6-7,9-10,13,16H,3-5,8,11H2,1-2H3. The number of ether oxygens (including phenoxy) is 1. The van der Waals surface area contributed by atoms with Crippen molar-refractivity contribution in [3.05, 3.63) is 24.5 Å². The zero-order chi connectivity index (χ0) is 14.4. The fourth-order valence-corrected chi connectivity index (χ4v) is 4.03. The van der Waals surface area contributed by atoms with Gasteiger partial charge in [-0.1, -0.05) is 0 Å². The number of carbonyl (C=O) groups is 1. The largest absolute Gasteiger partial charge is 0.465 e. The second kappa shape index (κ2) is 7.09. The van der Waals surface area contributed by atoms with Crippen LogP contribution in [0.1, 0.15) is 32.6 Å². The Kier molecular flexibility index (Phi) is 5.43. The molecule has 0 saturated heterocycles. The zero-order valence-corrected chi connectivity index (χ0v) is 12.9. The average molecular weight is 294 g/mol. The van der Waals surface area contributed by atoms with E-state index in [-0.39, 0.29) is 5.97 Å². The van der Waals surface area contributed by atoms with Crippen LogP contribution in [0.25, 0.3) is 0 Å². The van der Waals surface area contributed by atoms with E-state index in [2.05, 4.69) is 10.3 Å². The van der Waals surface area contributed by atoms with Crippen molar-refractivity contribution >= 4 is 17.7 Å². The molecule has 0 radical (unpaired) electrons. The predicted molar refractivity (Wildman–Crippen MR) is 80.8 cm³/mol. The Labute approximate surface area is 124 Å². The van der Waals surface area contributed by atoms with Gasteiger partial charge in [0.1, 0.15) is 5.54 Å². The van der Waals surface area contributed by atoms with Gasteiger partial charge < -0.3 is 10.1 Å². The van der Waals surface area contributed by atoms with Crippen molar-refractivity contribution in [2.75, 3.05) is 13.7 Å². The third kappa shape index (κ3) is 3.52. The minimum Gasteiger partial charge on any atom is -0.465 e. The van der Waals surface area contributed by atoms with Gasteiger partial charge in [0.05, 0.1) is 6.61 Å². The molecule has 1 heterocycles. The molecule has 0 amide bonds. The van der Waals surface area contributed by atoms with Gasteiger partial charge in [-0.15, -0.1) is 11.8 Å². The maximum atomic E-state index is 12.2. The van der Waals surface area contributed by atoms with E-state index in [0.29, 0.717) is 11.9 Å². The first-order chi connectivity index (χ1) is 9.70. The Morgan fingerprint density at radius 3 is 2.95 bits per heavy atom. The van der Waals surface area contributed by atoms with Crippen LogP contribution in [0.3, 0.4) is 0 Å². The first kappa shape index (κ1) is 15.3. The Morgan fingerprint density at radius 1 is 1.55 bits per heavy atom. The summed E-state index contributed by atoms with van der Waals surface area (Å²) in [5.74, 6) is -0.109. The van der Waals surface area contributed by atoms with Gasteiger partial charge in [0.2, 0.25) is 0 Å². The molecule has 0 bridgehead atoms. The highest BCUT2D eigenvalue weighted by Gasteiger charge is 2.43. The van der Waals surface area contributed by atoms with Gasteiger partial charge in [-0.25, -0.2) is 0 Å². The summed E-state index contributed by atoms with van der Waals surface area (Å²) in [5.41, 5.74) is -0.515. The SMILES string of the molecule is CCOC(=O)C1(NC)CCCC(Sc2ccncc2)C1. The molecule has 1 aromatic heterocycles. The topological polar surface area (TPSA) is 51.2 Å². The number of rotatable bonds is 5. The molecule has 1 aliphatic carbocycles. The van der Waals surface area contributed by atoms with Crippen molar-refractivity contribution in [2.24, 2.45) is 0 Å². The van der Waals surface area contributed by atoms with E-state index in [9.17, 15) is 4.79 Å². The van der Waals surface area contributed by atoms with Crippen LogP contribution >= 0.6 is 11.8 Å². The molecule has 1 saturated carbocycles. The highest BCUT2D eigenvalue weighted by Crippen LogP contribution is 2.38. The number of carbonyl (C=O) groups excluding carboxylic acids is 1. The molecule has 5 heteroatoms. The molecule has 1 aliphatic rings. The molecule has 1 N–H and O–H groups in total. The molecule has 20 heavy (non-hydrogen) atoms. The van der Waals surface area contributed by atoms with Crippen molar-refractivity contribution in [3.63, 3.8) is 0 Å². The van der Waals surface area contributed by atoms with Crippen LogP contribution in [0.5, 0.6) is 0 Å². The summed E-state index contributed by atoms with van der Waals surface area (Å²) in [4.78, 5) is 17.5. The van der Waals surface area contributed by atoms with Crippen molar-refractivity contribution in [1.82, 2.24) is 10.3 Å². The number of aromatic nitrogens is 1. The Bertz CT molecular complexity index is 441. The third-order valence-corrected chi connectivity index (χ3v) is 5.08. The normalized spacial score (nSPS) is 26.2. The van der Waals surface area contributed by atoms with E-state index >= 15 is 0 Å². The lowest BCUT2D eigenvalue weighted by Gasteiger charge is -2.38. The van der Waals surface area contributed by atoms with E-state index in [1.165, 1.54) is 4.90 Å². The summed E-state index contributed by atoms with van der Waals surface area (Å²) >= 11 is 1.83. The van der Waals surface area contributed by atoms with Crippen LogP contribution in [-0.2, 0) is 9.53 Å². The maximum Gasteiger partial charge on any atom is 0.326 e. The van der Waals surface area contributed by atoms with Gasteiger partial charge in [0.25, 0.3) is 0 Å². The fourth-order valence-electron chi connectivity index (χ4n) is 2.72. The Morgan fingerprint density at radius 2 is 2.30 bits per heavy atom. The van der Waals surface area contributed by atoms with Crippen LogP contribution in [0.15, 0.2) is 29.4 Å². The zero-order valence-electron chi connectivity index (χ0n) is 12.1. The summed E-state index contributed by atoms with van der Waals surface area (Å²) < 4.78 is 5.25. The van der Waals surface area contributed by atoms with E-state index < -0.39 is 5.54 Å². The molecular formula is C15H22N2O2S. The second-order valence-electron chi connectivity index (χ2n) is 5.07. The van der Waals surface area contributed by atoms with Gasteiger partial charge in [0.15, 0.2) is 0 Å². The number of nitrogens with one attached hydrogen (secondary N) is 1. The van der Waals surface area contributed by atoms with Crippen LogP contribution in [-0.4, -0.2) is 35.4 Å². The number of thioether (sulfide) groups is 1. The molecular weight excluding hydrogens is 272 g/mol. The number of hydrogen-bond acceptors (Lipinski definition) is 5. The number of esters is 1. The molecule has 2 unspecified atom stereocenters. The van der Waals surface area contributed by atoms with E-state index in [0.717, 1.165) is 25.7 Å². The van der Waals surface area contributed by atoms with Gasteiger partial charge in [-0.3, -0.25) is 9.78 Å². The summed E-state index contributed by atoms with van der Waals surface area (Å²) in [5, 5.41) is 3.65. The lowest BCUT2D eigenvalue weighted by Crippen LogP contribution is -2.54. The number of likely N-dealkylation sites (N-methyl/N-ethyl adjacent to an activating group) is 1. The quantitative estimate of drug-likeness (QED) is 0.846. The molecule has 0 aliphatic heterocycles. The lowest BCUT2D eigenvalue weighted by atomic mass is 9.81. The van der Waals surface area contributed by atoms with E-state index in [1.54, 1.807) is 0 Å². The Hall–Kier alpha value is -1.07. The first-order valence-electron chi connectivity index (χ1n) is 7.13. The van der Waals surface area contributed by atoms with Crippen LogP contribution < -0.4 is 5.32 Å². The number of hydrogen-bond donors (Lipinski definition) is 1. The monoisotopic (exact) mass is 294 g/mol. The fraction of sp³-hybridized carbons (Fsp3) is 0.600. The highest BCUT2D eigenvalue weighted by atomic mass is 32.2. The summed E-state index contributed by atoms with van der Waals surface area (Å²) in [6.07, 6.45) is 7.47. The predicted octanol–water partition coefficient (Wildman–Crippen LogP) is 2.64.